The van der Waals surface area contributed by atoms with Crippen LogP contribution >= 0.6 is 7.14 Å². The fraction of sp³-hybridized carbons (Fsp3) is 0.318. The maximum atomic E-state index is 14.7. The van der Waals surface area contributed by atoms with Gasteiger partial charge in [-0.15, -0.1) is 0 Å². The summed E-state index contributed by atoms with van der Waals surface area (Å²) in [5.41, 5.74) is 0.562. The average Bonchev–Trinajstić information content (AvgIpc) is 3.04. The molecule has 0 aromatic heterocycles. The summed E-state index contributed by atoms with van der Waals surface area (Å²) in [5, 5.41) is 1.56. The van der Waals surface area contributed by atoms with Gasteiger partial charge in [0.25, 0.3) is 0 Å². The standard InChI is InChI=1S/C22H25O3P/c1-4-16(3)20-21(19(5-2)22(23)25-20)26(24,17-12-8-6-9-13-17)18-14-10-7-11-15-18/h4,6-15,19-21H,5H2,1-3H3/b16-4+/t19-,20-,21-/m1/s1. The molecule has 4 heteroatoms. The van der Waals surface area contributed by atoms with E-state index in [0.29, 0.717) is 6.42 Å². The van der Waals surface area contributed by atoms with Gasteiger partial charge < -0.3 is 9.30 Å². The van der Waals surface area contributed by atoms with Gasteiger partial charge in [-0.25, -0.2) is 0 Å². The highest BCUT2D eigenvalue weighted by Crippen LogP contribution is 2.57. The van der Waals surface area contributed by atoms with E-state index in [4.69, 9.17) is 4.74 Å². The van der Waals surface area contributed by atoms with Crippen molar-refractivity contribution in [3.63, 3.8) is 0 Å². The van der Waals surface area contributed by atoms with E-state index in [0.717, 1.165) is 16.2 Å². The van der Waals surface area contributed by atoms with Crippen molar-refractivity contribution in [3.05, 3.63) is 72.3 Å². The number of carbonyl (C=O) groups is 1. The molecule has 0 unspecified atom stereocenters. The van der Waals surface area contributed by atoms with Crippen molar-refractivity contribution < 1.29 is 14.1 Å². The van der Waals surface area contributed by atoms with E-state index in [9.17, 15) is 9.36 Å². The molecule has 0 aliphatic carbocycles. The van der Waals surface area contributed by atoms with E-state index in [1.54, 1.807) is 0 Å². The highest BCUT2D eigenvalue weighted by Gasteiger charge is 2.54. The van der Waals surface area contributed by atoms with Crippen molar-refractivity contribution in [2.45, 2.75) is 39.0 Å². The lowest BCUT2D eigenvalue weighted by molar-refractivity contribution is -0.143. The van der Waals surface area contributed by atoms with E-state index in [1.165, 1.54) is 0 Å². The fourth-order valence-electron chi connectivity index (χ4n) is 3.80. The predicted molar refractivity (Wildman–Crippen MR) is 107 cm³/mol. The molecule has 1 saturated heterocycles. The predicted octanol–water partition coefficient (Wildman–Crippen LogP) is 4.29. The van der Waals surface area contributed by atoms with Crippen LogP contribution in [-0.2, 0) is 14.1 Å². The van der Waals surface area contributed by atoms with Crippen LogP contribution in [-0.4, -0.2) is 17.7 Å². The first-order chi connectivity index (χ1) is 12.5. The van der Waals surface area contributed by atoms with Crippen LogP contribution in [0.15, 0.2) is 72.3 Å². The summed E-state index contributed by atoms with van der Waals surface area (Å²) in [4.78, 5) is 12.6. The monoisotopic (exact) mass is 368 g/mol. The third-order valence-electron chi connectivity index (χ3n) is 5.31. The van der Waals surface area contributed by atoms with E-state index >= 15 is 0 Å². The van der Waals surface area contributed by atoms with Gasteiger partial charge in [0.05, 0.1) is 11.6 Å². The van der Waals surface area contributed by atoms with Crippen molar-refractivity contribution in [2.24, 2.45) is 5.92 Å². The first-order valence-electron chi connectivity index (χ1n) is 9.08. The van der Waals surface area contributed by atoms with Crippen LogP contribution in [0.1, 0.15) is 27.2 Å². The maximum Gasteiger partial charge on any atom is 0.310 e. The third kappa shape index (κ3) is 3.05. The smallest absolute Gasteiger partial charge is 0.310 e. The van der Waals surface area contributed by atoms with Crippen molar-refractivity contribution >= 4 is 23.7 Å². The van der Waals surface area contributed by atoms with Gasteiger partial charge in [-0.05, 0) is 25.8 Å². The SMILES string of the molecule is C/C=C(\C)[C@H]1OC(=O)[C@H](CC)[C@H]1P(=O)(c1ccccc1)c1ccccc1. The number of hydrogen-bond donors (Lipinski definition) is 0. The largest absolute Gasteiger partial charge is 0.457 e. The lowest BCUT2D eigenvalue weighted by Crippen LogP contribution is -2.36. The number of esters is 1. The van der Waals surface area contributed by atoms with Crippen LogP contribution in [0.5, 0.6) is 0 Å². The molecule has 3 nitrogen and oxygen atoms in total. The molecule has 2 aromatic carbocycles. The van der Waals surface area contributed by atoms with E-state index < -0.39 is 13.2 Å². The summed E-state index contributed by atoms with van der Waals surface area (Å²) >= 11 is 0. The highest BCUT2D eigenvalue weighted by molar-refractivity contribution is 7.79. The van der Waals surface area contributed by atoms with Gasteiger partial charge in [-0.1, -0.05) is 73.7 Å². The first-order valence-corrected chi connectivity index (χ1v) is 10.9. The lowest BCUT2D eigenvalue weighted by Gasteiger charge is -2.31. The molecule has 26 heavy (non-hydrogen) atoms. The Morgan fingerprint density at radius 2 is 1.54 bits per heavy atom. The average molecular weight is 368 g/mol. The fourth-order valence-corrected chi connectivity index (χ4v) is 7.54. The number of allylic oxidation sites excluding steroid dienone is 1. The van der Waals surface area contributed by atoms with Crippen molar-refractivity contribution in [2.75, 3.05) is 0 Å². The molecule has 0 spiro atoms. The molecule has 0 saturated carbocycles. The van der Waals surface area contributed by atoms with Crippen LogP contribution in [0.3, 0.4) is 0 Å². The molecule has 1 aliphatic rings. The molecule has 1 aliphatic heterocycles. The van der Waals surface area contributed by atoms with Crippen LogP contribution < -0.4 is 10.6 Å². The lowest BCUT2D eigenvalue weighted by atomic mass is 9.98. The first kappa shape index (κ1) is 18.7. The normalized spacial score (nSPS) is 23.7. The zero-order valence-electron chi connectivity index (χ0n) is 15.5. The van der Waals surface area contributed by atoms with Crippen LogP contribution in [0, 0.1) is 5.92 Å². The Kier molecular flexibility index (Phi) is 5.48. The highest BCUT2D eigenvalue weighted by atomic mass is 31.2. The van der Waals surface area contributed by atoms with Gasteiger partial charge in [0.1, 0.15) is 6.10 Å². The van der Waals surface area contributed by atoms with Gasteiger partial charge >= 0.3 is 5.97 Å². The molecule has 3 rings (SSSR count). The van der Waals surface area contributed by atoms with E-state index in [-0.39, 0.29) is 17.5 Å². The van der Waals surface area contributed by atoms with Crippen LogP contribution in [0.25, 0.3) is 0 Å². The molecule has 0 N–H and O–H groups in total. The van der Waals surface area contributed by atoms with Crippen LogP contribution in [0.4, 0.5) is 0 Å². The van der Waals surface area contributed by atoms with Crippen LogP contribution in [0.2, 0.25) is 0 Å². The van der Waals surface area contributed by atoms with Crippen molar-refractivity contribution in [1.82, 2.24) is 0 Å². The van der Waals surface area contributed by atoms with Crippen molar-refractivity contribution in [3.8, 4) is 0 Å². The summed E-state index contributed by atoms with van der Waals surface area (Å²) in [6.45, 7) is 5.84. The second-order valence-electron chi connectivity index (χ2n) is 6.72. The topological polar surface area (TPSA) is 43.4 Å². The number of ether oxygens (including phenoxy) is 1. The number of cyclic esters (lactones) is 1. The molecule has 0 radical (unpaired) electrons. The van der Waals surface area contributed by atoms with Gasteiger partial charge in [-0.3, -0.25) is 4.79 Å². The quantitative estimate of drug-likeness (QED) is 0.449. The minimum absolute atomic E-state index is 0.240. The Hall–Kier alpha value is -2.12. The van der Waals surface area contributed by atoms with Gasteiger partial charge in [0.15, 0.2) is 7.14 Å². The maximum absolute atomic E-state index is 14.7. The number of hydrogen-bond acceptors (Lipinski definition) is 3. The Morgan fingerprint density at radius 1 is 1.04 bits per heavy atom. The number of carbonyl (C=O) groups excluding carboxylic acids is 1. The van der Waals surface area contributed by atoms with Gasteiger partial charge in [-0.2, -0.15) is 0 Å². The van der Waals surface area contributed by atoms with Gasteiger partial charge in [0.2, 0.25) is 0 Å². The molecule has 136 valence electrons. The zero-order valence-corrected chi connectivity index (χ0v) is 16.4. The molecule has 1 fully saturated rings. The molecule has 0 bridgehead atoms. The Labute approximate surface area is 155 Å². The summed E-state index contributed by atoms with van der Waals surface area (Å²) in [5.74, 6) is -0.614. The molecular weight excluding hydrogens is 343 g/mol. The molecule has 1 heterocycles. The molecular formula is C22H25O3P. The number of benzene rings is 2. The third-order valence-corrected chi connectivity index (χ3v) is 8.91. The zero-order chi connectivity index (χ0) is 18.7. The summed E-state index contributed by atoms with van der Waals surface area (Å²) in [7, 11) is -3.09. The second kappa shape index (κ2) is 7.63. The summed E-state index contributed by atoms with van der Waals surface area (Å²) in [6, 6.07) is 19.1. The Morgan fingerprint density at radius 3 is 1.96 bits per heavy atom. The van der Waals surface area contributed by atoms with Crippen molar-refractivity contribution in [1.29, 1.82) is 0 Å². The molecule has 3 atom stereocenters. The summed E-state index contributed by atoms with van der Waals surface area (Å²) < 4.78 is 20.4. The minimum Gasteiger partial charge on any atom is -0.457 e. The summed E-state index contributed by atoms with van der Waals surface area (Å²) in [6.07, 6.45) is 2.10. The van der Waals surface area contributed by atoms with Gasteiger partial charge in [0, 0.05) is 10.6 Å². The second-order valence-corrected chi connectivity index (χ2v) is 9.67. The van der Waals surface area contributed by atoms with E-state index in [1.807, 2.05) is 87.5 Å². The van der Waals surface area contributed by atoms with E-state index in [2.05, 4.69) is 0 Å². The minimum atomic E-state index is -3.09. The molecule has 0 amide bonds. The molecule has 2 aromatic rings. The Bertz CT molecular complexity index is 799. The Balaban J connectivity index is 2.26. The number of rotatable bonds is 5.